The molecule has 0 radical (unpaired) electrons. The minimum Gasteiger partial charge on any atom is -0.504 e. The number of carbonyl (C=O) groups is 1. The second-order valence-electron chi connectivity index (χ2n) is 4.41. The van der Waals surface area contributed by atoms with E-state index in [0.717, 1.165) is 17.9 Å². The average Bonchev–Trinajstić information content (AvgIpc) is 2.87. The molecule has 110 valence electrons. The standard InChI is InChI=1S/C14H14N2O5/c1-7-3-4-12(21-7)8(2)15-16-14(20)9-5-10(17)13(19)11(18)6-9/h3-6,17-19H,1-2H3,(H,16,20)/b15-8+. The minimum absolute atomic E-state index is 0.0463. The average molecular weight is 290 g/mol. The quantitative estimate of drug-likeness (QED) is 0.391. The van der Waals surface area contributed by atoms with Gasteiger partial charge in [0.1, 0.15) is 17.2 Å². The van der Waals surface area contributed by atoms with Crippen molar-refractivity contribution in [2.75, 3.05) is 0 Å². The van der Waals surface area contributed by atoms with Crippen LogP contribution in [0.25, 0.3) is 0 Å². The predicted molar refractivity (Wildman–Crippen MR) is 74.6 cm³/mol. The molecule has 2 rings (SSSR count). The van der Waals surface area contributed by atoms with Gasteiger partial charge in [0.25, 0.3) is 5.91 Å². The van der Waals surface area contributed by atoms with E-state index >= 15 is 0 Å². The molecule has 2 aromatic rings. The lowest BCUT2D eigenvalue weighted by molar-refractivity contribution is 0.0954. The number of aromatic hydroxyl groups is 3. The van der Waals surface area contributed by atoms with Gasteiger partial charge in [-0.3, -0.25) is 4.79 Å². The molecule has 0 aliphatic rings. The van der Waals surface area contributed by atoms with Crippen LogP contribution in [0.4, 0.5) is 0 Å². The van der Waals surface area contributed by atoms with Crippen molar-refractivity contribution >= 4 is 11.6 Å². The number of carbonyl (C=O) groups excluding carboxylic acids is 1. The summed E-state index contributed by atoms with van der Waals surface area (Å²) in [4.78, 5) is 11.8. The molecule has 1 heterocycles. The van der Waals surface area contributed by atoms with Crippen LogP contribution in [0.15, 0.2) is 33.8 Å². The van der Waals surface area contributed by atoms with E-state index in [1.807, 2.05) is 0 Å². The molecule has 1 amide bonds. The third kappa shape index (κ3) is 3.14. The maximum atomic E-state index is 11.8. The Balaban J connectivity index is 2.15. The van der Waals surface area contributed by atoms with Crippen LogP contribution in [-0.4, -0.2) is 26.9 Å². The fourth-order valence-corrected chi connectivity index (χ4v) is 1.62. The Morgan fingerprint density at radius 3 is 2.33 bits per heavy atom. The Hall–Kier alpha value is -2.96. The van der Waals surface area contributed by atoms with Crippen LogP contribution in [0.5, 0.6) is 17.2 Å². The molecule has 0 aliphatic heterocycles. The fourth-order valence-electron chi connectivity index (χ4n) is 1.62. The monoisotopic (exact) mass is 290 g/mol. The summed E-state index contributed by atoms with van der Waals surface area (Å²) >= 11 is 0. The summed E-state index contributed by atoms with van der Waals surface area (Å²) in [6.45, 7) is 3.45. The topological polar surface area (TPSA) is 115 Å². The van der Waals surface area contributed by atoms with E-state index in [4.69, 9.17) is 4.42 Å². The van der Waals surface area contributed by atoms with Crippen LogP contribution in [0.3, 0.4) is 0 Å². The van der Waals surface area contributed by atoms with Crippen LogP contribution in [-0.2, 0) is 0 Å². The lowest BCUT2D eigenvalue weighted by Crippen LogP contribution is -2.19. The number of phenolic OH excluding ortho intramolecular Hbond substituents is 3. The highest BCUT2D eigenvalue weighted by Gasteiger charge is 2.13. The van der Waals surface area contributed by atoms with Gasteiger partial charge in [0.2, 0.25) is 0 Å². The zero-order valence-electron chi connectivity index (χ0n) is 11.4. The Morgan fingerprint density at radius 2 is 1.81 bits per heavy atom. The van der Waals surface area contributed by atoms with Crippen molar-refractivity contribution in [3.05, 3.63) is 41.3 Å². The Labute approximate surface area is 120 Å². The number of amides is 1. The molecule has 4 N–H and O–H groups in total. The van der Waals surface area contributed by atoms with Gasteiger partial charge in [-0.25, -0.2) is 5.43 Å². The Kier molecular flexibility index (Phi) is 3.84. The van der Waals surface area contributed by atoms with Gasteiger partial charge < -0.3 is 19.7 Å². The number of rotatable bonds is 3. The molecule has 0 bridgehead atoms. The highest BCUT2D eigenvalue weighted by atomic mass is 16.3. The van der Waals surface area contributed by atoms with E-state index in [0.29, 0.717) is 11.5 Å². The summed E-state index contributed by atoms with van der Waals surface area (Å²) in [6, 6.07) is 5.53. The third-order valence-electron chi connectivity index (χ3n) is 2.75. The first-order valence-electron chi connectivity index (χ1n) is 6.05. The number of benzene rings is 1. The van der Waals surface area contributed by atoms with Crippen molar-refractivity contribution in [3.63, 3.8) is 0 Å². The molecule has 1 aromatic heterocycles. The molecule has 1 aromatic carbocycles. The van der Waals surface area contributed by atoms with Gasteiger partial charge in [0.15, 0.2) is 17.2 Å². The van der Waals surface area contributed by atoms with E-state index in [1.54, 1.807) is 26.0 Å². The van der Waals surface area contributed by atoms with Gasteiger partial charge in [-0.2, -0.15) is 5.10 Å². The first-order valence-corrected chi connectivity index (χ1v) is 6.05. The second-order valence-corrected chi connectivity index (χ2v) is 4.41. The maximum absolute atomic E-state index is 11.8. The van der Waals surface area contributed by atoms with E-state index in [2.05, 4.69) is 10.5 Å². The molecular weight excluding hydrogens is 276 g/mol. The lowest BCUT2D eigenvalue weighted by atomic mass is 10.2. The van der Waals surface area contributed by atoms with Gasteiger partial charge in [-0.15, -0.1) is 0 Å². The van der Waals surface area contributed by atoms with Crippen LogP contribution in [0.1, 0.15) is 28.8 Å². The van der Waals surface area contributed by atoms with Crippen molar-refractivity contribution in [3.8, 4) is 17.2 Å². The summed E-state index contributed by atoms with van der Waals surface area (Å²) in [5.41, 5.74) is 2.68. The molecule has 0 aliphatic carbocycles. The van der Waals surface area contributed by atoms with Gasteiger partial charge in [-0.1, -0.05) is 0 Å². The van der Waals surface area contributed by atoms with Crippen molar-refractivity contribution in [1.29, 1.82) is 0 Å². The summed E-state index contributed by atoms with van der Waals surface area (Å²) in [6.07, 6.45) is 0. The summed E-state index contributed by atoms with van der Waals surface area (Å²) in [5.74, 6) is -1.28. The highest BCUT2D eigenvalue weighted by molar-refractivity contribution is 5.99. The first-order chi connectivity index (χ1) is 9.88. The number of furan rings is 1. The molecule has 0 saturated carbocycles. The number of hydrogen-bond donors (Lipinski definition) is 4. The van der Waals surface area contributed by atoms with Crippen LogP contribution in [0, 0.1) is 6.92 Å². The SMILES string of the molecule is C/C(=N\NC(=O)c1cc(O)c(O)c(O)c1)c1ccc(C)o1. The molecule has 0 spiro atoms. The molecule has 0 fully saturated rings. The van der Waals surface area contributed by atoms with Gasteiger partial charge in [0.05, 0.1) is 0 Å². The molecule has 7 nitrogen and oxygen atoms in total. The molecule has 7 heteroatoms. The number of phenols is 3. The van der Waals surface area contributed by atoms with Crippen molar-refractivity contribution in [2.45, 2.75) is 13.8 Å². The van der Waals surface area contributed by atoms with Gasteiger partial charge >= 0.3 is 0 Å². The first kappa shape index (κ1) is 14.4. The van der Waals surface area contributed by atoms with Gasteiger partial charge in [-0.05, 0) is 38.1 Å². The molecule has 21 heavy (non-hydrogen) atoms. The minimum atomic E-state index is -0.683. The smallest absolute Gasteiger partial charge is 0.271 e. The number of hydrogen-bond acceptors (Lipinski definition) is 6. The Bertz CT molecular complexity index is 695. The molecule has 0 saturated heterocycles. The van der Waals surface area contributed by atoms with Crippen LogP contribution >= 0.6 is 0 Å². The third-order valence-corrected chi connectivity index (χ3v) is 2.75. The second kappa shape index (κ2) is 5.58. The largest absolute Gasteiger partial charge is 0.504 e. The molecular formula is C14H14N2O5. The maximum Gasteiger partial charge on any atom is 0.271 e. The number of nitrogens with one attached hydrogen (secondary N) is 1. The zero-order valence-corrected chi connectivity index (χ0v) is 11.4. The van der Waals surface area contributed by atoms with Crippen LogP contribution < -0.4 is 5.43 Å². The van der Waals surface area contributed by atoms with Crippen molar-refractivity contribution in [1.82, 2.24) is 5.43 Å². The number of hydrazone groups is 1. The van der Waals surface area contributed by atoms with E-state index < -0.39 is 23.2 Å². The van der Waals surface area contributed by atoms with Crippen LogP contribution in [0.2, 0.25) is 0 Å². The van der Waals surface area contributed by atoms with E-state index in [1.165, 1.54) is 0 Å². The summed E-state index contributed by atoms with van der Waals surface area (Å²) in [5, 5.41) is 31.8. The molecule has 0 unspecified atom stereocenters. The lowest BCUT2D eigenvalue weighted by Gasteiger charge is -2.05. The number of aryl methyl sites for hydroxylation is 1. The molecule has 0 atom stereocenters. The van der Waals surface area contributed by atoms with Crippen molar-refractivity contribution in [2.24, 2.45) is 5.10 Å². The highest BCUT2D eigenvalue weighted by Crippen LogP contribution is 2.35. The van der Waals surface area contributed by atoms with Gasteiger partial charge in [0, 0.05) is 5.56 Å². The summed E-state index contributed by atoms with van der Waals surface area (Å²) in [7, 11) is 0. The predicted octanol–water partition coefficient (Wildman–Crippen LogP) is 1.86. The normalized spacial score (nSPS) is 11.4. The van der Waals surface area contributed by atoms with Crippen molar-refractivity contribution < 1.29 is 24.5 Å². The van der Waals surface area contributed by atoms with E-state index in [-0.39, 0.29) is 5.56 Å². The summed E-state index contributed by atoms with van der Waals surface area (Å²) < 4.78 is 5.34. The zero-order chi connectivity index (χ0) is 15.6. The Morgan fingerprint density at radius 1 is 1.19 bits per heavy atom. The van der Waals surface area contributed by atoms with E-state index in [9.17, 15) is 20.1 Å². The fraction of sp³-hybridized carbons (Fsp3) is 0.143. The number of nitrogens with zero attached hydrogens (tertiary/aromatic N) is 1.